The van der Waals surface area contributed by atoms with Crippen molar-refractivity contribution in [3.8, 4) is 11.1 Å². The normalized spacial score (nSPS) is 27.2. The predicted molar refractivity (Wildman–Crippen MR) is 128 cm³/mol. The van der Waals surface area contributed by atoms with E-state index in [-0.39, 0.29) is 38.1 Å². The molecule has 1 amide bonds. The molecule has 8 heteroatoms. The number of hydrogen-bond donors (Lipinski definition) is 2. The second kappa shape index (κ2) is 9.50. The van der Waals surface area contributed by atoms with Crippen molar-refractivity contribution in [3.05, 3.63) is 59.4 Å². The van der Waals surface area contributed by atoms with E-state index in [1.807, 2.05) is 25.1 Å². The van der Waals surface area contributed by atoms with Crippen molar-refractivity contribution in [2.75, 3.05) is 19.7 Å². The Labute approximate surface area is 205 Å². The lowest BCUT2D eigenvalue weighted by Gasteiger charge is -2.49. The molecule has 2 aromatic rings. The molecule has 3 atom stereocenters. The molecule has 0 radical (unpaired) electrons. The molecule has 0 aliphatic carbocycles. The summed E-state index contributed by atoms with van der Waals surface area (Å²) in [5.74, 6) is -2.53. The Kier molecular flexibility index (Phi) is 6.94. The maximum atomic E-state index is 15.4. The molecular weight excluding hydrogens is 453 g/mol. The number of halogens is 1. The molecule has 190 valence electrons. The monoisotopic (exact) mass is 487 g/mol. The van der Waals surface area contributed by atoms with Gasteiger partial charge in [0, 0.05) is 24.1 Å². The topological polar surface area (TPSA) is 88.5 Å². The number of rotatable bonds is 4. The van der Waals surface area contributed by atoms with Crippen molar-refractivity contribution in [3.63, 3.8) is 0 Å². The van der Waals surface area contributed by atoms with Crippen LogP contribution in [0.2, 0.25) is 0 Å². The zero-order valence-electron chi connectivity index (χ0n) is 20.7. The van der Waals surface area contributed by atoms with Gasteiger partial charge in [0.15, 0.2) is 11.9 Å². The summed E-state index contributed by atoms with van der Waals surface area (Å²) in [5.41, 5.74) is -0.0517. The van der Waals surface area contributed by atoms with Gasteiger partial charge in [-0.3, -0.25) is 0 Å². The van der Waals surface area contributed by atoms with E-state index in [0.29, 0.717) is 11.1 Å². The van der Waals surface area contributed by atoms with Crippen LogP contribution < -0.4 is 0 Å². The largest absolute Gasteiger partial charge is 0.444 e. The number of hydrogen-bond acceptors (Lipinski definition) is 6. The molecule has 2 fully saturated rings. The SMILES string of the molecule is CCc1cccc(-c2c(F)cccc2[C@@]2([C@@]3(O)CN(C(=O)OC(C)(C)C)CCO3)CCC(O)O2)c1. The minimum Gasteiger partial charge on any atom is -0.444 e. The third kappa shape index (κ3) is 4.93. The number of carbonyl (C=O) groups excluding carboxylic acids is 1. The van der Waals surface area contributed by atoms with E-state index in [1.54, 1.807) is 39.0 Å². The fourth-order valence-electron chi connectivity index (χ4n) is 4.91. The van der Waals surface area contributed by atoms with Gasteiger partial charge in [-0.15, -0.1) is 0 Å². The Morgan fingerprint density at radius 1 is 1.26 bits per heavy atom. The van der Waals surface area contributed by atoms with E-state index in [1.165, 1.54) is 11.0 Å². The first-order valence-corrected chi connectivity index (χ1v) is 12.1. The van der Waals surface area contributed by atoms with Crippen LogP contribution in [-0.2, 0) is 26.2 Å². The molecule has 2 aliphatic rings. The molecule has 2 heterocycles. The Hall–Kier alpha value is -2.52. The smallest absolute Gasteiger partial charge is 0.410 e. The minimum atomic E-state index is -2.05. The second-order valence-electron chi connectivity index (χ2n) is 10.2. The summed E-state index contributed by atoms with van der Waals surface area (Å²) in [6.07, 6.45) is -0.629. The molecule has 2 aliphatic heterocycles. The first kappa shape index (κ1) is 25.6. The molecule has 0 saturated carbocycles. The van der Waals surface area contributed by atoms with Gasteiger partial charge in [0.05, 0.1) is 13.2 Å². The first-order chi connectivity index (χ1) is 16.5. The Balaban J connectivity index is 1.82. The highest BCUT2D eigenvalue weighted by atomic mass is 19.1. The van der Waals surface area contributed by atoms with E-state index in [0.717, 1.165) is 12.0 Å². The Bertz CT molecular complexity index is 1090. The van der Waals surface area contributed by atoms with Crippen molar-refractivity contribution in [2.45, 2.75) is 70.2 Å². The minimum absolute atomic E-state index is 0.0208. The summed E-state index contributed by atoms with van der Waals surface area (Å²) in [7, 11) is 0. The molecule has 35 heavy (non-hydrogen) atoms. The van der Waals surface area contributed by atoms with Crippen LogP contribution in [0.5, 0.6) is 0 Å². The highest BCUT2D eigenvalue weighted by Gasteiger charge is 2.61. The third-order valence-corrected chi connectivity index (χ3v) is 6.54. The van der Waals surface area contributed by atoms with Crippen LogP contribution in [0.1, 0.15) is 51.7 Å². The fraction of sp³-hybridized carbons (Fsp3) is 0.519. The molecule has 0 aromatic heterocycles. The van der Waals surface area contributed by atoms with Gasteiger partial charge in [-0.1, -0.05) is 43.3 Å². The van der Waals surface area contributed by atoms with Gasteiger partial charge in [-0.05, 0) is 50.8 Å². The lowest BCUT2D eigenvalue weighted by molar-refractivity contribution is -0.341. The first-order valence-electron chi connectivity index (χ1n) is 12.1. The number of aryl methyl sites for hydroxylation is 1. The van der Waals surface area contributed by atoms with E-state index >= 15 is 4.39 Å². The number of ether oxygens (including phenoxy) is 3. The number of aliphatic hydroxyl groups is 2. The Morgan fingerprint density at radius 2 is 2.00 bits per heavy atom. The standard InChI is InChI=1S/C27H34FNO6/c1-5-18-8-6-9-19(16-18)23-20(10-7-11-21(23)28)26(13-12-22(30)34-26)27(32)17-29(14-15-33-27)24(31)35-25(2,3)4/h6-11,16,22,30,32H,5,12-15,17H2,1-4H3/t22?,26-,27-/m1/s1. The van der Waals surface area contributed by atoms with Gasteiger partial charge in [0.25, 0.3) is 0 Å². The van der Waals surface area contributed by atoms with Crippen molar-refractivity contribution >= 4 is 6.09 Å². The highest BCUT2D eigenvalue weighted by Crippen LogP contribution is 2.51. The summed E-state index contributed by atoms with van der Waals surface area (Å²) in [6.45, 7) is 7.27. The summed E-state index contributed by atoms with van der Waals surface area (Å²) in [6, 6.07) is 12.1. The fourth-order valence-corrected chi connectivity index (χ4v) is 4.91. The summed E-state index contributed by atoms with van der Waals surface area (Å²) in [4.78, 5) is 14.2. The molecule has 0 bridgehead atoms. The zero-order valence-corrected chi connectivity index (χ0v) is 20.7. The number of β-amino-alcohol motifs (C(OH)–C–C–N with tert-alkyl or cyclic N) is 1. The second-order valence-corrected chi connectivity index (χ2v) is 10.2. The van der Waals surface area contributed by atoms with Crippen LogP contribution in [0.15, 0.2) is 42.5 Å². The molecule has 2 N–H and O–H groups in total. The van der Waals surface area contributed by atoms with Crippen molar-refractivity contribution in [2.24, 2.45) is 0 Å². The van der Waals surface area contributed by atoms with Crippen molar-refractivity contribution < 1.29 is 33.6 Å². The van der Waals surface area contributed by atoms with Gasteiger partial charge < -0.3 is 29.3 Å². The lowest BCUT2D eigenvalue weighted by atomic mass is 9.78. The van der Waals surface area contributed by atoms with E-state index in [9.17, 15) is 15.0 Å². The van der Waals surface area contributed by atoms with Crippen molar-refractivity contribution in [1.29, 1.82) is 0 Å². The third-order valence-electron chi connectivity index (χ3n) is 6.54. The lowest BCUT2D eigenvalue weighted by Crippen LogP contribution is -2.64. The molecule has 2 saturated heterocycles. The quantitative estimate of drug-likeness (QED) is 0.667. The zero-order chi connectivity index (χ0) is 25.4. The molecule has 4 rings (SSSR count). The maximum absolute atomic E-state index is 15.4. The number of carbonyl (C=O) groups is 1. The number of aliphatic hydroxyl groups excluding tert-OH is 1. The van der Waals surface area contributed by atoms with Crippen LogP contribution in [-0.4, -0.2) is 58.6 Å². The summed E-state index contributed by atoms with van der Waals surface area (Å²) >= 11 is 0. The van der Waals surface area contributed by atoms with Crippen LogP contribution in [0.4, 0.5) is 9.18 Å². The number of nitrogens with zero attached hydrogens (tertiary/aromatic N) is 1. The molecular formula is C27H34FNO6. The predicted octanol–water partition coefficient (Wildman–Crippen LogP) is 4.34. The van der Waals surface area contributed by atoms with Crippen molar-refractivity contribution in [1.82, 2.24) is 4.90 Å². The van der Waals surface area contributed by atoms with E-state index < -0.39 is 35.2 Å². The number of benzene rings is 2. The number of morpholine rings is 1. The molecule has 0 spiro atoms. The summed E-state index contributed by atoms with van der Waals surface area (Å²) < 4.78 is 32.9. The van der Waals surface area contributed by atoms with Gasteiger partial charge in [-0.2, -0.15) is 0 Å². The average molecular weight is 488 g/mol. The van der Waals surface area contributed by atoms with Gasteiger partial charge in [-0.25, -0.2) is 9.18 Å². The number of amides is 1. The van der Waals surface area contributed by atoms with Crippen LogP contribution in [0.3, 0.4) is 0 Å². The van der Waals surface area contributed by atoms with Crippen LogP contribution in [0.25, 0.3) is 11.1 Å². The highest BCUT2D eigenvalue weighted by molar-refractivity contribution is 5.71. The van der Waals surface area contributed by atoms with Gasteiger partial charge >= 0.3 is 6.09 Å². The van der Waals surface area contributed by atoms with E-state index in [2.05, 4.69) is 0 Å². The average Bonchev–Trinajstić information content (AvgIpc) is 3.21. The van der Waals surface area contributed by atoms with Crippen LogP contribution >= 0.6 is 0 Å². The van der Waals surface area contributed by atoms with Gasteiger partial charge in [0.2, 0.25) is 5.79 Å². The van der Waals surface area contributed by atoms with E-state index in [4.69, 9.17) is 14.2 Å². The van der Waals surface area contributed by atoms with Crippen LogP contribution in [0, 0.1) is 5.82 Å². The molecule has 2 aromatic carbocycles. The molecule has 1 unspecified atom stereocenters. The maximum Gasteiger partial charge on any atom is 0.410 e. The Morgan fingerprint density at radius 3 is 2.66 bits per heavy atom. The summed E-state index contributed by atoms with van der Waals surface area (Å²) in [5, 5.41) is 22.4. The molecule has 7 nitrogen and oxygen atoms in total. The van der Waals surface area contributed by atoms with Gasteiger partial charge in [0.1, 0.15) is 11.4 Å².